The molecule has 1 amide bonds. The van der Waals surface area contributed by atoms with Crippen molar-refractivity contribution in [3.63, 3.8) is 0 Å². The fourth-order valence-electron chi connectivity index (χ4n) is 2.70. The number of carbonyl (C=O) groups is 2. The molecule has 1 heterocycles. The van der Waals surface area contributed by atoms with E-state index in [1.54, 1.807) is 24.3 Å². The molecular weight excluding hydrogens is 369 g/mol. The normalized spacial score (nSPS) is 23.3. The Morgan fingerprint density at radius 3 is 2.37 bits per heavy atom. The van der Waals surface area contributed by atoms with Crippen molar-refractivity contribution < 1.29 is 28.2 Å². The number of halogens is 1. The predicted octanol–water partition coefficient (Wildman–Crippen LogP) is 3.82. The summed E-state index contributed by atoms with van der Waals surface area (Å²) in [5.41, 5.74) is 0.766. The van der Waals surface area contributed by atoms with Crippen LogP contribution in [0, 0.1) is 0 Å². The Balaban J connectivity index is 2.13. The van der Waals surface area contributed by atoms with Crippen LogP contribution in [0.15, 0.2) is 30.3 Å². The van der Waals surface area contributed by atoms with Crippen molar-refractivity contribution in [3.8, 4) is 0 Å². The van der Waals surface area contributed by atoms with Crippen LogP contribution in [0.3, 0.4) is 0 Å². The van der Waals surface area contributed by atoms with Crippen LogP contribution in [-0.4, -0.2) is 55.2 Å². The van der Waals surface area contributed by atoms with E-state index in [0.717, 1.165) is 10.5 Å². The van der Waals surface area contributed by atoms with Gasteiger partial charge in [-0.15, -0.1) is 0 Å². The van der Waals surface area contributed by atoms with E-state index in [1.165, 1.54) is 0 Å². The lowest BCUT2D eigenvalue weighted by molar-refractivity contribution is -0.144. The SMILES string of the molecule is CC(C)(C)[Si](C)(C)O[C@H]1[C@@H](C(=O)O)N(C(=O)OCc2ccccc2)C[C@@H]1F. The smallest absolute Gasteiger partial charge is 0.411 e. The Hall–Kier alpha value is -1.93. The molecule has 0 radical (unpaired) electrons. The number of benzene rings is 1. The highest BCUT2D eigenvalue weighted by molar-refractivity contribution is 6.74. The fraction of sp³-hybridized carbons (Fsp3) is 0.579. The Kier molecular flexibility index (Phi) is 6.31. The highest BCUT2D eigenvalue weighted by Crippen LogP contribution is 2.40. The molecule has 0 unspecified atom stereocenters. The number of carboxylic acids is 1. The number of likely N-dealkylation sites (tertiary alicyclic amines) is 1. The molecular formula is C19H28FNO5Si. The number of alkyl halides is 1. The van der Waals surface area contributed by atoms with Crippen LogP contribution in [0.1, 0.15) is 26.3 Å². The Bertz CT molecular complexity index is 676. The first-order valence-electron chi connectivity index (χ1n) is 8.96. The van der Waals surface area contributed by atoms with Gasteiger partial charge in [-0.2, -0.15) is 0 Å². The first-order valence-corrected chi connectivity index (χ1v) is 11.9. The lowest BCUT2D eigenvalue weighted by atomic mass is 10.1. The van der Waals surface area contributed by atoms with Gasteiger partial charge in [0.15, 0.2) is 14.4 Å². The zero-order chi connectivity index (χ0) is 20.4. The number of hydrogen-bond donors (Lipinski definition) is 1. The maximum absolute atomic E-state index is 14.7. The molecule has 27 heavy (non-hydrogen) atoms. The van der Waals surface area contributed by atoms with Gasteiger partial charge in [-0.1, -0.05) is 51.1 Å². The number of ether oxygens (including phenoxy) is 1. The third-order valence-electron chi connectivity index (χ3n) is 5.30. The first kappa shape index (κ1) is 21.4. The molecule has 1 fully saturated rings. The number of amides is 1. The zero-order valence-corrected chi connectivity index (χ0v) is 17.4. The van der Waals surface area contributed by atoms with Gasteiger partial charge in [0.1, 0.15) is 18.9 Å². The number of nitrogens with zero attached hydrogens (tertiary/aromatic N) is 1. The minimum Gasteiger partial charge on any atom is -0.480 e. The van der Waals surface area contributed by atoms with E-state index in [1.807, 2.05) is 39.9 Å². The molecule has 0 bridgehead atoms. The van der Waals surface area contributed by atoms with Gasteiger partial charge in [0.2, 0.25) is 0 Å². The molecule has 1 aliphatic heterocycles. The lowest BCUT2D eigenvalue weighted by Gasteiger charge is -2.39. The van der Waals surface area contributed by atoms with E-state index in [0.29, 0.717) is 0 Å². The summed E-state index contributed by atoms with van der Waals surface area (Å²) in [5, 5.41) is 9.41. The van der Waals surface area contributed by atoms with E-state index < -0.39 is 38.7 Å². The van der Waals surface area contributed by atoms with Crippen molar-refractivity contribution in [2.75, 3.05) is 6.54 Å². The number of hydrogen-bond acceptors (Lipinski definition) is 4. The average Bonchev–Trinajstić information content (AvgIpc) is 2.89. The number of carboxylic acid groups (broad SMARTS) is 1. The van der Waals surface area contributed by atoms with Crippen molar-refractivity contribution in [1.29, 1.82) is 0 Å². The molecule has 1 aromatic rings. The molecule has 0 saturated carbocycles. The van der Waals surface area contributed by atoms with Gasteiger partial charge in [-0.25, -0.2) is 14.0 Å². The third-order valence-corrected chi connectivity index (χ3v) is 9.78. The minimum atomic E-state index is -2.42. The molecule has 3 atom stereocenters. The van der Waals surface area contributed by atoms with Gasteiger partial charge >= 0.3 is 12.1 Å². The minimum absolute atomic E-state index is 0.00672. The van der Waals surface area contributed by atoms with Gasteiger partial charge in [0, 0.05) is 0 Å². The summed E-state index contributed by atoms with van der Waals surface area (Å²) in [7, 11) is -2.42. The molecule has 8 heteroatoms. The molecule has 0 aliphatic carbocycles. The van der Waals surface area contributed by atoms with Crippen molar-refractivity contribution in [3.05, 3.63) is 35.9 Å². The maximum Gasteiger partial charge on any atom is 0.411 e. The molecule has 1 saturated heterocycles. The van der Waals surface area contributed by atoms with E-state index in [-0.39, 0.29) is 18.2 Å². The van der Waals surface area contributed by atoms with Crippen LogP contribution in [-0.2, 0) is 20.6 Å². The van der Waals surface area contributed by atoms with E-state index in [2.05, 4.69) is 0 Å². The lowest BCUT2D eigenvalue weighted by Crippen LogP contribution is -2.52. The quantitative estimate of drug-likeness (QED) is 0.765. The largest absolute Gasteiger partial charge is 0.480 e. The third kappa shape index (κ3) is 4.87. The molecule has 150 valence electrons. The molecule has 2 rings (SSSR count). The van der Waals surface area contributed by atoms with Crippen LogP contribution < -0.4 is 0 Å². The Labute approximate surface area is 160 Å². The summed E-state index contributed by atoms with van der Waals surface area (Å²) in [6.45, 7) is 9.45. The van der Waals surface area contributed by atoms with Crippen molar-refractivity contribution >= 4 is 20.4 Å². The number of aliphatic carboxylic acids is 1. The fourth-order valence-corrected chi connectivity index (χ4v) is 4.01. The van der Waals surface area contributed by atoms with Gasteiger partial charge < -0.3 is 14.3 Å². The summed E-state index contributed by atoms with van der Waals surface area (Å²) in [5.74, 6) is -1.30. The predicted molar refractivity (Wildman–Crippen MR) is 102 cm³/mol. The average molecular weight is 398 g/mol. The van der Waals surface area contributed by atoms with Gasteiger partial charge in [-0.05, 0) is 23.7 Å². The van der Waals surface area contributed by atoms with Crippen LogP contribution >= 0.6 is 0 Å². The molecule has 6 nitrogen and oxygen atoms in total. The van der Waals surface area contributed by atoms with Crippen LogP contribution in [0.5, 0.6) is 0 Å². The van der Waals surface area contributed by atoms with E-state index >= 15 is 0 Å². The maximum atomic E-state index is 14.7. The van der Waals surface area contributed by atoms with Gasteiger partial charge in [0.25, 0.3) is 0 Å². The molecule has 0 aromatic heterocycles. The van der Waals surface area contributed by atoms with Crippen LogP contribution in [0.2, 0.25) is 18.1 Å². The summed E-state index contributed by atoms with van der Waals surface area (Å²) >= 11 is 0. The number of carbonyl (C=O) groups excluding carboxylic acids is 1. The van der Waals surface area contributed by atoms with Crippen LogP contribution in [0.25, 0.3) is 0 Å². The Morgan fingerprint density at radius 1 is 1.26 bits per heavy atom. The standard InChI is InChI=1S/C19H28FNO5Si/c1-19(2,3)27(4,5)26-16-14(20)11-21(15(16)17(22)23)18(24)25-12-13-9-7-6-8-10-13/h6-10,14-16H,11-12H2,1-5H3,(H,22,23)/t14-,15-,16+/m0/s1. The number of rotatable bonds is 5. The molecule has 1 aliphatic rings. The van der Waals surface area contributed by atoms with E-state index in [9.17, 15) is 19.1 Å². The second-order valence-corrected chi connectivity index (χ2v) is 13.1. The monoisotopic (exact) mass is 397 g/mol. The topological polar surface area (TPSA) is 76.1 Å². The highest BCUT2D eigenvalue weighted by Gasteiger charge is 2.53. The second kappa shape index (κ2) is 7.98. The first-order chi connectivity index (χ1) is 12.4. The highest BCUT2D eigenvalue weighted by atomic mass is 28.4. The van der Waals surface area contributed by atoms with Crippen molar-refractivity contribution in [2.24, 2.45) is 0 Å². The van der Waals surface area contributed by atoms with Gasteiger partial charge in [-0.3, -0.25) is 4.90 Å². The molecule has 1 N–H and O–H groups in total. The summed E-state index contributed by atoms with van der Waals surface area (Å²) < 4.78 is 25.9. The Morgan fingerprint density at radius 2 is 1.85 bits per heavy atom. The summed E-state index contributed by atoms with van der Waals surface area (Å²) in [6, 6.07) is 7.61. The van der Waals surface area contributed by atoms with E-state index in [4.69, 9.17) is 9.16 Å². The summed E-state index contributed by atoms with van der Waals surface area (Å²) in [4.78, 5) is 25.1. The summed E-state index contributed by atoms with van der Waals surface area (Å²) in [6.07, 6.45) is -3.63. The second-order valence-electron chi connectivity index (χ2n) is 8.33. The van der Waals surface area contributed by atoms with Gasteiger partial charge in [0.05, 0.1) is 6.54 Å². The van der Waals surface area contributed by atoms with Crippen molar-refractivity contribution in [2.45, 2.75) is 63.8 Å². The van der Waals surface area contributed by atoms with Crippen molar-refractivity contribution in [1.82, 2.24) is 4.90 Å². The van der Waals surface area contributed by atoms with Crippen LogP contribution in [0.4, 0.5) is 9.18 Å². The molecule has 0 spiro atoms. The molecule has 1 aromatic carbocycles. The zero-order valence-electron chi connectivity index (χ0n) is 16.4.